The van der Waals surface area contributed by atoms with Gasteiger partial charge >= 0.3 is 0 Å². The lowest BCUT2D eigenvalue weighted by Gasteiger charge is -2.11. The Kier molecular flexibility index (Phi) is 6.41. The Labute approximate surface area is 211 Å². The third-order valence-electron chi connectivity index (χ3n) is 5.99. The molecule has 0 saturated heterocycles. The predicted octanol–water partition coefficient (Wildman–Crippen LogP) is 6.42. The normalized spacial score (nSPS) is 11.7. The summed E-state index contributed by atoms with van der Waals surface area (Å²) in [4.78, 5) is 23.1. The van der Waals surface area contributed by atoms with Crippen LogP contribution in [-0.4, -0.2) is 50.6 Å². The van der Waals surface area contributed by atoms with Crippen LogP contribution in [0.1, 0.15) is 11.4 Å². The van der Waals surface area contributed by atoms with Gasteiger partial charge in [0.05, 0.1) is 46.2 Å². The summed E-state index contributed by atoms with van der Waals surface area (Å²) in [5, 5.41) is 2.08. The summed E-state index contributed by atoms with van der Waals surface area (Å²) in [6.07, 6.45) is 3.59. The Morgan fingerprint density at radius 3 is 1.22 bits per heavy atom. The van der Waals surface area contributed by atoms with E-state index >= 15 is 0 Å². The summed E-state index contributed by atoms with van der Waals surface area (Å²) in [6.45, 7) is 0. The van der Waals surface area contributed by atoms with Crippen molar-refractivity contribution in [2.45, 2.75) is 0 Å². The van der Waals surface area contributed by atoms with Crippen molar-refractivity contribution in [1.82, 2.24) is 9.97 Å². The van der Waals surface area contributed by atoms with Crippen molar-refractivity contribution in [3.05, 3.63) is 96.3 Å². The van der Waals surface area contributed by atoms with Gasteiger partial charge in [0.25, 0.3) is 0 Å². The van der Waals surface area contributed by atoms with Gasteiger partial charge in [0, 0.05) is 50.3 Å². The maximum absolute atomic E-state index is 4.88. The largest absolute Gasteiger partial charge is 0.378 e. The van der Waals surface area contributed by atoms with Gasteiger partial charge in [0.15, 0.2) is 0 Å². The smallest absolute Gasteiger partial charge is 0.0972 e. The number of aliphatic imine (C=N–C) groups is 2. The highest BCUT2D eigenvalue weighted by molar-refractivity contribution is 6.04. The van der Waals surface area contributed by atoms with Crippen molar-refractivity contribution in [2.75, 3.05) is 38.0 Å². The van der Waals surface area contributed by atoms with Crippen LogP contribution in [-0.2, 0) is 0 Å². The van der Waals surface area contributed by atoms with Crippen molar-refractivity contribution in [1.29, 1.82) is 0 Å². The molecule has 0 aliphatic rings. The second-order valence-corrected chi connectivity index (χ2v) is 9.02. The van der Waals surface area contributed by atoms with E-state index in [1.54, 1.807) is 12.4 Å². The van der Waals surface area contributed by atoms with Crippen molar-refractivity contribution >= 4 is 57.0 Å². The minimum atomic E-state index is 0.786. The summed E-state index contributed by atoms with van der Waals surface area (Å²) < 4.78 is 0. The van der Waals surface area contributed by atoms with Crippen molar-refractivity contribution in [3.63, 3.8) is 0 Å². The Hall–Kier alpha value is -4.58. The van der Waals surface area contributed by atoms with Crippen LogP contribution in [0.25, 0.3) is 21.8 Å². The van der Waals surface area contributed by atoms with Crippen LogP contribution in [0.15, 0.2) is 94.9 Å². The lowest BCUT2D eigenvalue weighted by atomic mass is 10.1. The predicted molar refractivity (Wildman–Crippen MR) is 153 cm³/mol. The molecule has 0 aliphatic heterocycles. The second-order valence-electron chi connectivity index (χ2n) is 9.02. The SMILES string of the molecule is CN(C)c1ccc(N=Cc2ccc3ccc4ccc(C=Nc5ccc(N(C)C)cc5)nc4c3n2)cc1. The number of benzene rings is 3. The molecule has 3 aromatic carbocycles. The molecule has 0 atom stereocenters. The van der Waals surface area contributed by atoms with Gasteiger partial charge in [-0.2, -0.15) is 0 Å². The molecule has 178 valence electrons. The molecule has 0 aliphatic carbocycles. The summed E-state index contributed by atoms with van der Waals surface area (Å²) >= 11 is 0. The fourth-order valence-corrected chi connectivity index (χ4v) is 3.90. The van der Waals surface area contributed by atoms with Crippen LogP contribution in [0.2, 0.25) is 0 Å². The molecule has 2 heterocycles. The summed E-state index contributed by atoms with van der Waals surface area (Å²) in [6, 6.07) is 28.5. The first-order valence-electron chi connectivity index (χ1n) is 11.8. The molecule has 0 spiro atoms. The number of nitrogens with zero attached hydrogens (tertiary/aromatic N) is 6. The van der Waals surface area contributed by atoms with E-state index in [4.69, 9.17) is 9.97 Å². The number of fused-ring (bicyclic) bond motifs is 3. The number of pyridine rings is 2. The zero-order valence-corrected chi connectivity index (χ0v) is 20.9. The van der Waals surface area contributed by atoms with Gasteiger partial charge in [0.2, 0.25) is 0 Å². The number of rotatable bonds is 6. The Morgan fingerprint density at radius 2 is 0.861 bits per heavy atom. The molecular formula is C30H28N6. The third-order valence-corrected chi connectivity index (χ3v) is 5.99. The van der Waals surface area contributed by atoms with Crippen molar-refractivity contribution in [3.8, 4) is 0 Å². The van der Waals surface area contributed by atoms with Crippen LogP contribution in [0.3, 0.4) is 0 Å². The lowest BCUT2D eigenvalue weighted by Crippen LogP contribution is -2.07. The van der Waals surface area contributed by atoms with Gasteiger partial charge in [0.1, 0.15) is 0 Å². The van der Waals surface area contributed by atoms with Crippen LogP contribution in [0.5, 0.6) is 0 Å². The number of aromatic nitrogens is 2. The van der Waals surface area contributed by atoms with E-state index in [1.165, 1.54) is 0 Å². The summed E-state index contributed by atoms with van der Waals surface area (Å²) in [5.74, 6) is 0. The molecule has 0 fully saturated rings. The Morgan fingerprint density at radius 1 is 0.500 bits per heavy atom. The summed E-state index contributed by atoms with van der Waals surface area (Å²) in [5.41, 5.74) is 7.32. The fraction of sp³-hybridized carbons (Fsp3) is 0.133. The quantitative estimate of drug-likeness (QED) is 0.211. The molecule has 0 unspecified atom stereocenters. The molecule has 0 saturated carbocycles. The van der Waals surface area contributed by atoms with Gasteiger partial charge in [-0.15, -0.1) is 0 Å². The van der Waals surface area contributed by atoms with Gasteiger partial charge in [-0.3, -0.25) is 9.98 Å². The van der Waals surface area contributed by atoms with Gasteiger partial charge < -0.3 is 9.80 Å². The Balaban J connectivity index is 1.45. The van der Waals surface area contributed by atoms with E-state index < -0.39 is 0 Å². The molecule has 0 N–H and O–H groups in total. The molecule has 5 rings (SSSR count). The van der Waals surface area contributed by atoms with Crippen LogP contribution in [0.4, 0.5) is 22.7 Å². The summed E-state index contributed by atoms with van der Waals surface area (Å²) in [7, 11) is 8.09. The number of hydrogen-bond acceptors (Lipinski definition) is 6. The average molecular weight is 473 g/mol. The van der Waals surface area contributed by atoms with Gasteiger partial charge in [-0.1, -0.05) is 24.3 Å². The molecule has 0 bridgehead atoms. The van der Waals surface area contributed by atoms with E-state index in [0.717, 1.165) is 55.9 Å². The van der Waals surface area contributed by atoms with E-state index in [1.807, 2.05) is 64.6 Å². The van der Waals surface area contributed by atoms with E-state index in [0.29, 0.717) is 0 Å². The molecule has 6 nitrogen and oxygen atoms in total. The van der Waals surface area contributed by atoms with Crippen molar-refractivity contribution < 1.29 is 0 Å². The van der Waals surface area contributed by atoms with E-state index in [-0.39, 0.29) is 0 Å². The van der Waals surface area contributed by atoms with Gasteiger partial charge in [-0.25, -0.2) is 9.97 Å². The fourth-order valence-electron chi connectivity index (χ4n) is 3.90. The first-order chi connectivity index (χ1) is 17.5. The minimum absolute atomic E-state index is 0.786. The van der Waals surface area contributed by atoms with E-state index in [2.05, 4.69) is 68.3 Å². The van der Waals surface area contributed by atoms with Crippen LogP contribution in [0, 0.1) is 0 Å². The molecule has 0 radical (unpaired) electrons. The molecule has 0 amide bonds. The standard InChI is InChI=1S/C30H28N6/c1-35(2)27-15-11-23(12-16-27)31-19-25-9-7-21-5-6-22-8-10-26(34-30(22)29(21)33-25)20-32-24-13-17-28(18-14-24)36(3)4/h5-20H,1-4H3. The molecule has 6 heteroatoms. The molecule has 2 aromatic heterocycles. The second kappa shape index (κ2) is 9.96. The highest BCUT2D eigenvalue weighted by Crippen LogP contribution is 2.24. The van der Waals surface area contributed by atoms with Gasteiger partial charge in [-0.05, 0) is 60.7 Å². The monoisotopic (exact) mass is 472 g/mol. The third kappa shape index (κ3) is 5.08. The highest BCUT2D eigenvalue weighted by Gasteiger charge is 2.06. The number of hydrogen-bond donors (Lipinski definition) is 0. The first kappa shape index (κ1) is 23.2. The van der Waals surface area contributed by atoms with Crippen molar-refractivity contribution in [2.24, 2.45) is 9.98 Å². The lowest BCUT2D eigenvalue weighted by molar-refractivity contribution is 1.13. The van der Waals surface area contributed by atoms with E-state index in [9.17, 15) is 0 Å². The number of anilines is 2. The molecular weight excluding hydrogens is 444 g/mol. The maximum atomic E-state index is 4.88. The first-order valence-corrected chi connectivity index (χ1v) is 11.8. The van der Waals surface area contributed by atoms with Crippen LogP contribution < -0.4 is 9.80 Å². The maximum Gasteiger partial charge on any atom is 0.0972 e. The topological polar surface area (TPSA) is 57.0 Å². The Bertz CT molecular complexity index is 1450. The zero-order chi connectivity index (χ0) is 25.1. The van der Waals surface area contributed by atoms with Crippen LogP contribution >= 0.6 is 0 Å². The zero-order valence-electron chi connectivity index (χ0n) is 20.9. The molecule has 5 aromatic rings. The minimum Gasteiger partial charge on any atom is -0.378 e. The highest BCUT2D eigenvalue weighted by atomic mass is 15.1. The molecule has 36 heavy (non-hydrogen) atoms. The average Bonchev–Trinajstić information content (AvgIpc) is 2.91.